The molecular weight excluding hydrogens is 198 g/mol. The van der Waals surface area contributed by atoms with Gasteiger partial charge in [-0.2, -0.15) is 4.68 Å². The van der Waals surface area contributed by atoms with Crippen molar-refractivity contribution in [2.45, 2.75) is 4.90 Å². The van der Waals surface area contributed by atoms with Crippen LogP contribution in [0.15, 0.2) is 29.2 Å². The lowest BCUT2D eigenvalue weighted by Gasteiger charge is -2.02. The van der Waals surface area contributed by atoms with Gasteiger partial charge >= 0.3 is 0 Å². The van der Waals surface area contributed by atoms with Gasteiger partial charge in [0.15, 0.2) is 0 Å². The molecule has 0 spiro atoms. The summed E-state index contributed by atoms with van der Waals surface area (Å²) in [4.78, 5) is 1.15. The molecule has 2 rings (SSSR count). The molecule has 0 aliphatic heterocycles. The van der Waals surface area contributed by atoms with Crippen LogP contribution in [0, 0.1) is 0 Å². The standard InChI is InChI=1S/C8H9N5S/c1-14-7-4-2-3-6(5-7)13-8(9)10-11-12-13/h2-5H,1H3,(H2,9,10,12). The first-order valence-corrected chi connectivity index (χ1v) is 5.22. The molecule has 72 valence electrons. The Hall–Kier alpha value is -1.56. The quantitative estimate of drug-likeness (QED) is 0.743. The normalized spacial score (nSPS) is 10.4. The topological polar surface area (TPSA) is 69.6 Å². The smallest absolute Gasteiger partial charge is 0.245 e. The third-order valence-electron chi connectivity index (χ3n) is 1.79. The molecule has 0 aliphatic carbocycles. The Bertz CT molecular complexity index is 439. The summed E-state index contributed by atoms with van der Waals surface area (Å²) in [7, 11) is 0. The molecule has 5 nitrogen and oxygen atoms in total. The Morgan fingerprint density at radius 1 is 1.43 bits per heavy atom. The van der Waals surface area contributed by atoms with Crippen molar-refractivity contribution in [3.8, 4) is 5.69 Å². The molecule has 1 heterocycles. The van der Waals surface area contributed by atoms with Crippen molar-refractivity contribution < 1.29 is 0 Å². The van der Waals surface area contributed by atoms with Crippen LogP contribution in [0.2, 0.25) is 0 Å². The van der Waals surface area contributed by atoms with Crippen molar-refractivity contribution in [2.24, 2.45) is 0 Å². The van der Waals surface area contributed by atoms with E-state index in [1.54, 1.807) is 11.8 Å². The maximum atomic E-state index is 5.58. The molecule has 1 aromatic carbocycles. The molecule has 2 aromatic rings. The van der Waals surface area contributed by atoms with E-state index in [4.69, 9.17) is 5.73 Å². The number of nitrogens with two attached hydrogens (primary N) is 1. The summed E-state index contributed by atoms with van der Waals surface area (Å²) in [5.74, 6) is 0.295. The van der Waals surface area contributed by atoms with Gasteiger partial charge in [-0.1, -0.05) is 11.2 Å². The van der Waals surface area contributed by atoms with E-state index in [2.05, 4.69) is 15.5 Å². The molecule has 0 fully saturated rings. The predicted molar refractivity (Wildman–Crippen MR) is 55.3 cm³/mol. The SMILES string of the molecule is CSc1cccc(-n2nnnc2N)c1. The van der Waals surface area contributed by atoms with Crippen LogP contribution in [0.25, 0.3) is 5.69 Å². The Balaban J connectivity index is 2.47. The third-order valence-corrected chi connectivity index (χ3v) is 2.52. The zero-order valence-electron chi connectivity index (χ0n) is 7.58. The molecular formula is C8H9N5S. The Morgan fingerprint density at radius 2 is 2.29 bits per heavy atom. The summed E-state index contributed by atoms with van der Waals surface area (Å²) < 4.78 is 1.50. The largest absolute Gasteiger partial charge is 0.366 e. The molecule has 2 N–H and O–H groups in total. The Kier molecular flexibility index (Phi) is 2.36. The van der Waals surface area contributed by atoms with Crippen LogP contribution in [0.3, 0.4) is 0 Å². The highest BCUT2D eigenvalue weighted by molar-refractivity contribution is 7.98. The maximum Gasteiger partial charge on any atom is 0.245 e. The van der Waals surface area contributed by atoms with Gasteiger partial charge in [0.1, 0.15) is 0 Å². The number of anilines is 1. The monoisotopic (exact) mass is 207 g/mol. The van der Waals surface area contributed by atoms with Crippen LogP contribution < -0.4 is 5.73 Å². The van der Waals surface area contributed by atoms with Gasteiger partial charge < -0.3 is 5.73 Å². The fourth-order valence-electron chi connectivity index (χ4n) is 1.12. The van der Waals surface area contributed by atoms with Crippen LogP contribution in [-0.4, -0.2) is 26.5 Å². The predicted octanol–water partition coefficient (Wildman–Crippen LogP) is 0.966. The van der Waals surface area contributed by atoms with Gasteiger partial charge in [0.25, 0.3) is 0 Å². The minimum Gasteiger partial charge on any atom is -0.366 e. The van der Waals surface area contributed by atoms with E-state index < -0.39 is 0 Å². The third kappa shape index (κ3) is 1.56. The van der Waals surface area contributed by atoms with E-state index >= 15 is 0 Å². The number of hydrogen-bond acceptors (Lipinski definition) is 5. The number of aromatic nitrogens is 4. The highest BCUT2D eigenvalue weighted by atomic mass is 32.2. The van der Waals surface area contributed by atoms with Gasteiger partial charge in [0.2, 0.25) is 5.95 Å². The second kappa shape index (κ2) is 3.67. The molecule has 0 unspecified atom stereocenters. The summed E-state index contributed by atoms with van der Waals surface area (Å²) in [6.07, 6.45) is 2.02. The first kappa shape index (κ1) is 9.01. The Labute approximate surface area is 85.3 Å². The number of thioether (sulfide) groups is 1. The highest BCUT2D eigenvalue weighted by Gasteiger charge is 2.03. The van der Waals surface area contributed by atoms with Crippen molar-refractivity contribution in [1.29, 1.82) is 0 Å². The van der Waals surface area contributed by atoms with Crippen molar-refractivity contribution in [3.05, 3.63) is 24.3 Å². The van der Waals surface area contributed by atoms with Crippen molar-refractivity contribution in [2.75, 3.05) is 12.0 Å². The van der Waals surface area contributed by atoms with Gasteiger partial charge in [-0.15, -0.1) is 11.8 Å². The van der Waals surface area contributed by atoms with Crippen molar-refractivity contribution >= 4 is 17.7 Å². The molecule has 0 bridgehead atoms. The molecule has 0 atom stereocenters. The number of hydrogen-bond donors (Lipinski definition) is 1. The van der Waals surface area contributed by atoms with E-state index in [1.165, 1.54) is 4.68 Å². The van der Waals surface area contributed by atoms with Crippen LogP contribution >= 0.6 is 11.8 Å². The molecule has 6 heteroatoms. The minimum absolute atomic E-state index is 0.295. The highest BCUT2D eigenvalue weighted by Crippen LogP contribution is 2.18. The van der Waals surface area contributed by atoms with Crippen LogP contribution in [0.5, 0.6) is 0 Å². The fourth-order valence-corrected chi connectivity index (χ4v) is 1.57. The van der Waals surface area contributed by atoms with Gasteiger partial charge in [0.05, 0.1) is 5.69 Å². The lowest BCUT2D eigenvalue weighted by Crippen LogP contribution is -2.02. The second-order valence-electron chi connectivity index (χ2n) is 2.65. The number of nitrogens with zero attached hydrogens (tertiary/aromatic N) is 4. The Morgan fingerprint density at radius 3 is 2.93 bits per heavy atom. The van der Waals surface area contributed by atoms with Crippen LogP contribution in [0.4, 0.5) is 5.95 Å². The van der Waals surface area contributed by atoms with Crippen LogP contribution in [0.1, 0.15) is 0 Å². The average molecular weight is 207 g/mol. The lowest BCUT2D eigenvalue weighted by molar-refractivity contribution is 0.790. The number of benzene rings is 1. The molecule has 0 amide bonds. The zero-order valence-corrected chi connectivity index (χ0v) is 8.40. The maximum absolute atomic E-state index is 5.58. The van der Waals surface area contributed by atoms with E-state index in [9.17, 15) is 0 Å². The van der Waals surface area contributed by atoms with E-state index in [-0.39, 0.29) is 0 Å². The van der Waals surface area contributed by atoms with E-state index in [0.29, 0.717) is 5.95 Å². The molecule has 0 saturated carbocycles. The van der Waals surface area contributed by atoms with Gasteiger partial charge in [-0.05, 0) is 34.9 Å². The zero-order chi connectivity index (χ0) is 9.97. The van der Waals surface area contributed by atoms with E-state index in [1.807, 2.05) is 30.5 Å². The van der Waals surface area contributed by atoms with Crippen LogP contribution in [-0.2, 0) is 0 Å². The summed E-state index contributed by atoms with van der Waals surface area (Å²) in [6, 6.07) is 7.86. The molecule has 0 radical (unpaired) electrons. The fraction of sp³-hybridized carbons (Fsp3) is 0.125. The molecule has 0 saturated heterocycles. The first-order valence-electron chi connectivity index (χ1n) is 3.99. The second-order valence-corrected chi connectivity index (χ2v) is 3.53. The summed E-state index contributed by atoms with van der Waals surface area (Å²) in [5.41, 5.74) is 6.46. The van der Waals surface area contributed by atoms with Crippen molar-refractivity contribution in [1.82, 2.24) is 20.2 Å². The van der Waals surface area contributed by atoms with Gasteiger partial charge in [0, 0.05) is 4.90 Å². The van der Waals surface area contributed by atoms with Crippen molar-refractivity contribution in [3.63, 3.8) is 0 Å². The van der Waals surface area contributed by atoms with Gasteiger partial charge in [-0.25, -0.2) is 0 Å². The minimum atomic E-state index is 0.295. The number of rotatable bonds is 2. The average Bonchev–Trinajstić information content (AvgIpc) is 2.65. The van der Waals surface area contributed by atoms with Gasteiger partial charge in [-0.3, -0.25) is 0 Å². The molecule has 14 heavy (non-hydrogen) atoms. The summed E-state index contributed by atoms with van der Waals surface area (Å²) in [6.45, 7) is 0. The lowest BCUT2D eigenvalue weighted by atomic mass is 10.3. The summed E-state index contributed by atoms with van der Waals surface area (Å²) in [5, 5.41) is 10.9. The number of tetrazole rings is 1. The molecule has 0 aliphatic rings. The number of nitrogen functional groups attached to an aromatic ring is 1. The first-order chi connectivity index (χ1) is 6.81. The van der Waals surface area contributed by atoms with E-state index in [0.717, 1.165) is 10.6 Å². The summed E-state index contributed by atoms with van der Waals surface area (Å²) >= 11 is 1.66. The molecule has 1 aromatic heterocycles.